The fourth-order valence-corrected chi connectivity index (χ4v) is 2.04. The number of nitrogens with two attached hydrogens (primary N) is 1. The van der Waals surface area contributed by atoms with Crippen molar-refractivity contribution >= 4 is 12.0 Å². The molecule has 2 atom stereocenters. The van der Waals surface area contributed by atoms with E-state index in [2.05, 4.69) is 0 Å². The Bertz CT molecular complexity index is 486. The Morgan fingerprint density at radius 3 is 2.53 bits per heavy atom. The van der Waals surface area contributed by atoms with Crippen molar-refractivity contribution in [3.63, 3.8) is 0 Å². The summed E-state index contributed by atoms with van der Waals surface area (Å²) in [7, 11) is 1.59. The molecule has 1 aromatic carbocycles. The van der Waals surface area contributed by atoms with Gasteiger partial charge in [0.15, 0.2) is 0 Å². The molecule has 1 heterocycles. The highest BCUT2D eigenvalue weighted by atomic mass is 16.6. The first-order valence-corrected chi connectivity index (χ1v) is 5.92. The van der Waals surface area contributed by atoms with E-state index in [0.29, 0.717) is 6.54 Å². The number of benzene rings is 1. The topological polar surface area (TPSA) is 81.9 Å². The van der Waals surface area contributed by atoms with Crippen molar-refractivity contribution in [2.24, 2.45) is 5.73 Å². The van der Waals surface area contributed by atoms with E-state index >= 15 is 0 Å². The summed E-state index contributed by atoms with van der Waals surface area (Å²) in [5, 5.41) is 0. The monoisotopic (exact) mass is 264 g/mol. The normalized spacial score (nSPS) is 22.2. The molecule has 1 aliphatic rings. The van der Waals surface area contributed by atoms with E-state index in [9.17, 15) is 9.59 Å². The van der Waals surface area contributed by atoms with Gasteiger partial charge in [0.2, 0.25) is 6.10 Å². The third-order valence-electron chi connectivity index (χ3n) is 3.18. The highest BCUT2D eigenvalue weighted by molar-refractivity contribution is 5.85. The lowest BCUT2D eigenvalue weighted by molar-refractivity contribution is -0.125. The second-order valence-corrected chi connectivity index (χ2v) is 4.42. The molecular formula is C13H16N2O4. The lowest BCUT2D eigenvalue weighted by atomic mass is 10.1. The van der Waals surface area contributed by atoms with Crippen LogP contribution in [0.4, 0.5) is 4.79 Å². The van der Waals surface area contributed by atoms with Crippen LogP contribution in [0.3, 0.4) is 0 Å². The second-order valence-electron chi connectivity index (χ2n) is 4.42. The Kier molecular flexibility index (Phi) is 3.59. The molecule has 0 spiro atoms. The fraction of sp³-hybridized carbons (Fsp3) is 0.385. The molecule has 0 aromatic heterocycles. The van der Waals surface area contributed by atoms with Gasteiger partial charge in [-0.25, -0.2) is 4.79 Å². The molecule has 1 fully saturated rings. The summed E-state index contributed by atoms with van der Waals surface area (Å²) in [6.07, 6.45) is -1.40. The van der Waals surface area contributed by atoms with Crippen LogP contribution >= 0.6 is 0 Å². The van der Waals surface area contributed by atoms with Crippen LogP contribution in [0, 0.1) is 0 Å². The molecule has 1 aromatic rings. The summed E-state index contributed by atoms with van der Waals surface area (Å²) in [6, 6.07) is 6.97. The van der Waals surface area contributed by atoms with Crippen LogP contribution in [0.2, 0.25) is 0 Å². The molecule has 2 amide bonds. The Balaban J connectivity index is 2.09. The Morgan fingerprint density at radius 1 is 1.42 bits per heavy atom. The van der Waals surface area contributed by atoms with Crippen molar-refractivity contribution in [1.29, 1.82) is 0 Å². The van der Waals surface area contributed by atoms with Crippen LogP contribution in [-0.2, 0) is 16.1 Å². The maximum absolute atomic E-state index is 11.7. The summed E-state index contributed by atoms with van der Waals surface area (Å²) >= 11 is 0. The third kappa shape index (κ3) is 2.62. The largest absolute Gasteiger partial charge is 0.497 e. The van der Waals surface area contributed by atoms with Crippen molar-refractivity contribution in [3.05, 3.63) is 29.8 Å². The molecule has 19 heavy (non-hydrogen) atoms. The van der Waals surface area contributed by atoms with Gasteiger partial charge in [-0.2, -0.15) is 0 Å². The number of amides is 2. The molecule has 102 valence electrons. The van der Waals surface area contributed by atoms with Gasteiger partial charge >= 0.3 is 6.09 Å². The molecule has 2 N–H and O–H groups in total. The lowest BCUT2D eigenvalue weighted by Gasteiger charge is -2.19. The minimum atomic E-state index is -0.884. The molecule has 6 heteroatoms. The highest BCUT2D eigenvalue weighted by Gasteiger charge is 2.41. The first-order valence-electron chi connectivity index (χ1n) is 5.92. The predicted octanol–water partition coefficient (Wildman–Crippen LogP) is 0.890. The fourth-order valence-electron chi connectivity index (χ4n) is 2.04. The van der Waals surface area contributed by atoms with Crippen molar-refractivity contribution in [2.75, 3.05) is 7.11 Å². The summed E-state index contributed by atoms with van der Waals surface area (Å²) in [5.41, 5.74) is 6.11. The molecule has 0 radical (unpaired) electrons. The van der Waals surface area contributed by atoms with Crippen LogP contribution in [0.5, 0.6) is 5.75 Å². The van der Waals surface area contributed by atoms with E-state index in [1.165, 1.54) is 4.90 Å². The van der Waals surface area contributed by atoms with Crippen molar-refractivity contribution in [3.8, 4) is 5.75 Å². The van der Waals surface area contributed by atoms with Crippen LogP contribution < -0.4 is 10.5 Å². The molecule has 0 saturated carbocycles. The first-order chi connectivity index (χ1) is 9.02. The van der Waals surface area contributed by atoms with Crippen LogP contribution in [-0.4, -0.2) is 36.2 Å². The number of primary amides is 1. The van der Waals surface area contributed by atoms with Crippen molar-refractivity contribution in [1.82, 2.24) is 4.90 Å². The zero-order chi connectivity index (χ0) is 14.0. The molecule has 1 aliphatic heterocycles. The summed E-state index contributed by atoms with van der Waals surface area (Å²) in [5.74, 6) is 0.119. The van der Waals surface area contributed by atoms with Gasteiger partial charge in [0.1, 0.15) is 5.75 Å². The van der Waals surface area contributed by atoms with E-state index in [4.69, 9.17) is 15.2 Å². The molecular weight excluding hydrogens is 248 g/mol. The standard InChI is InChI=1S/C13H16N2O4/c1-8-11(12(14)16)19-13(17)15(8)7-9-3-5-10(18-2)6-4-9/h3-6,8,11H,7H2,1-2H3,(H2,14,16)/t8-,11-/m0/s1. The smallest absolute Gasteiger partial charge is 0.411 e. The quantitative estimate of drug-likeness (QED) is 0.875. The van der Waals surface area contributed by atoms with Gasteiger partial charge in [-0.05, 0) is 24.6 Å². The number of rotatable bonds is 4. The van der Waals surface area contributed by atoms with Gasteiger partial charge in [-0.1, -0.05) is 12.1 Å². The lowest BCUT2D eigenvalue weighted by Crippen LogP contribution is -2.40. The highest BCUT2D eigenvalue weighted by Crippen LogP contribution is 2.22. The summed E-state index contributed by atoms with van der Waals surface area (Å²) in [4.78, 5) is 24.3. The number of hydrogen-bond donors (Lipinski definition) is 1. The van der Waals surface area contributed by atoms with Crippen molar-refractivity contribution < 1.29 is 19.1 Å². The Hall–Kier alpha value is -2.24. The average molecular weight is 264 g/mol. The van der Waals surface area contributed by atoms with E-state index in [1.807, 2.05) is 24.3 Å². The maximum Gasteiger partial charge on any atom is 0.411 e. The number of carbonyl (C=O) groups excluding carboxylic acids is 2. The van der Waals surface area contributed by atoms with Gasteiger partial charge < -0.3 is 15.2 Å². The van der Waals surface area contributed by atoms with E-state index < -0.39 is 18.1 Å². The summed E-state index contributed by atoms with van der Waals surface area (Å²) < 4.78 is 10.0. The molecule has 1 saturated heterocycles. The zero-order valence-corrected chi connectivity index (χ0v) is 10.8. The van der Waals surface area contributed by atoms with Gasteiger partial charge in [0.05, 0.1) is 13.2 Å². The number of cyclic esters (lactones) is 1. The molecule has 2 rings (SSSR count). The molecule has 0 bridgehead atoms. The predicted molar refractivity (Wildman–Crippen MR) is 67.5 cm³/mol. The SMILES string of the molecule is COc1ccc(CN2C(=O)O[C@H](C(N)=O)[C@@H]2C)cc1. The van der Waals surface area contributed by atoms with Crippen molar-refractivity contribution in [2.45, 2.75) is 25.6 Å². The van der Waals surface area contributed by atoms with Crippen LogP contribution in [0.1, 0.15) is 12.5 Å². The first kappa shape index (κ1) is 13.2. The minimum Gasteiger partial charge on any atom is -0.497 e. The Labute approximate surface area is 111 Å². The van der Waals surface area contributed by atoms with E-state index in [0.717, 1.165) is 11.3 Å². The van der Waals surface area contributed by atoms with Crippen LogP contribution in [0.25, 0.3) is 0 Å². The Morgan fingerprint density at radius 2 is 2.05 bits per heavy atom. The van der Waals surface area contributed by atoms with Gasteiger partial charge in [0, 0.05) is 6.54 Å². The number of carbonyl (C=O) groups is 2. The zero-order valence-electron chi connectivity index (χ0n) is 10.8. The van der Waals surface area contributed by atoms with E-state index in [-0.39, 0.29) is 6.04 Å². The third-order valence-corrected chi connectivity index (χ3v) is 3.18. The van der Waals surface area contributed by atoms with Crippen LogP contribution in [0.15, 0.2) is 24.3 Å². The maximum atomic E-state index is 11.7. The molecule has 0 aliphatic carbocycles. The molecule has 6 nitrogen and oxygen atoms in total. The average Bonchev–Trinajstić information content (AvgIpc) is 2.68. The minimum absolute atomic E-state index is 0.368. The van der Waals surface area contributed by atoms with E-state index in [1.54, 1.807) is 14.0 Å². The van der Waals surface area contributed by atoms with Gasteiger partial charge in [-0.3, -0.25) is 9.69 Å². The summed E-state index contributed by atoms with van der Waals surface area (Å²) in [6.45, 7) is 2.11. The van der Waals surface area contributed by atoms with Gasteiger partial charge in [-0.15, -0.1) is 0 Å². The van der Waals surface area contributed by atoms with Gasteiger partial charge in [0.25, 0.3) is 5.91 Å². The number of hydrogen-bond acceptors (Lipinski definition) is 4. The number of nitrogens with zero attached hydrogens (tertiary/aromatic N) is 1. The number of ether oxygens (including phenoxy) is 2. The number of methoxy groups -OCH3 is 1. The molecule has 0 unspecified atom stereocenters. The second kappa shape index (κ2) is 5.17.